The number of aromatic nitrogens is 2. The van der Waals surface area contributed by atoms with Crippen molar-refractivity contribution in [2.45, 2.75) is 18.1 Å². The van der Waals surface area contributed by atoms with Crippen LogP contribution in [-0.4, -0.2) is 29.7 Å². The maximum atomic E-state index is 12.3. The van der Waals surface area contributed by atoms with Crippen molar-refractivity contribution in [1.29, 1.82) is 0 Å². The molecule has 102 valence electrons. The molecule has 0 atom stereocenters. The van der Waals surface area contributed by atoms with Gasteiger partial charge in [-0.15, -0.1) is 11.3 Å². The molecule has 19 heavy (non-hydrogen) atoms. The van der Waals surface area contributed by atoms with Gasteiger partial charge in [0, 0.05) is 25.2 Å². The lowest BCUT2D eigenvalue weighted by Gasteiger charge is -2.15. The Balaban J connectivity index is 2.20. The minimum Gasteiger partial charge on any atom is -0.326 e. The summed E-state index contributed by atoms with van der Waals surface area (Å²) in [6, 6.07) is 3.13. The van der Waals surface area contributed by atoms with Crippen LogP contribution in [0.2, 0.25) is 0 Å². The van der Waals surface area contributed by atoms with Crippen molar-refractivity contribution in [1.82, 2.24) is 14.3 Å². The van der Waals surface area contributed by atoms with Gasteiger partial charge in [-0.1, -0.05) is 6.07 Å². The standard InChI is InChI=1S/C11H14N4O2S2/c1-15(6-10-7-18-8-14-10)19(16,17)11-3-2-9(4-12)5-13-11/h2-3,5,7-8H,4,6,12H2,1H3. The number of sulfonamides is 1. The van der Waals surface area contributed by atoms with Crippen LogP contribution in [0.5, 0.6) is 0 Å². The van der Waals surface area contributed by atoms with Crippen molar-refractivity contribution in [2.75, 3.05) is 7.05 Å². The van der Waals surface area contributed by atoms with E-state index in [0.717, 1.165) is 11.3 Å². The van der Waals surface area contributed by atoms with Gasteiger partial charge in [0.05, 0.1) is 17.7 Å². The fraction of sp³-hybridized carbons (Fsp3) is 0.273. The Morgan fingerprint density at radius 3 is 2.68 bits per heavy atom. The molecule has 2 aromatic rings. The van der Waals surface area contributed by atoms with Crippen LogP contribution in [0.1, 0.15) is 11.3 Å². The van der Waals surface area contributed by atoms with Crippen LogP contribution in [0.15, 0.2) is 34.2 Å². The first-order valence-electron chi connectivity index (χ1n) is 5.52. The Morgan fingerprint density at radius 1 is 1.37 bits per heavy atom. The number of rotatable bonds is 5. The van der Waals surface area contributed by atoms with Crippen LogP contribution in [0.3, 0.4) is 0 Å². The molecule has 2 heterocycles. The molecular formula is C11H14N4O2S2. The quantitative estimate of drug-likeness (QED) is 0.882. The average molecular weight is 298 g/mol. The first-order valence-corrected chi connectivity index (χ1v) is 7.90. The molecule has 0 radical (unpaired) electrons. The molecule has 0 fully saturated rings. The lowest BCUT2D eigenvalue weighted by molar-refractivity contribution is 0.460. The molecule has 0 aliphatic rings. The minimum atomic E-state index is -3.59. The summed E-state index contributed by atoms with van der Waals surface area (Å²) in [5.74, 6) is 0. The van der Waals surface area contributed by atoms with Crippen LogP contribution >= 0.6 is 11.3 Å². The molecule has 2 rings (SSSR count). The number of pyridine rings is 1. The van der Waals surface area contributed by atoms with Crippen molar-refractivity contribution in [3.05, 3.63) is 40.5 Å². The van der Waals surface area contributed by atoms with Gasteiger partial charge in [0.2, 0.25) is 0 Å². The molecule has 8 heteroatoms. The molecule has 2 N–H and O–H groups in total. The summed E-state index contributed by atoms with van der Waals surface area (Å²) >= 11 is 1.43. The molecule has 0 saturated heterocycles. The zero-order valence-electron chi connectivity index (χ0n) is 10.4. The Labute approximate surface area is 116 Å². The number of hydrogen-bond donors (Lipinski definition) is 1. The molecule has 6 nitrogen and oxygen atoms in total. The van der Waals surface area contributed by atoms with Crippen molar-refractivity contribution in [2.24, 2.45) is 5.73 Å². The fourth-order valence-electron chi connectivity index (χ4n) is 1.47. The Morgan fingerprint density at radius 2 is 2.16 bits per heavy atom. The van der Waals surface area contributed by atoms with Crippen molar-refractivity contribution in [3.63, 3.8) is 0 Å². The van der Waals surface area contributed by atoms with Crippen molar-refractivity contribution in [3.8, 4) is 0 Å². The van der Waals surface area contributed by atoms with E-state index in [0.29, 0.717) is 6.54 Å². The highest BCUT2D eigenvalue weighted by Gasteiger charge is 2.22. The van der Waals surface area contributed by atoms with Gasteiger partial charge in [0.1, 0.15) is 0 Å². The lowest BCUT2D eigenvalue weighted by Crippen LogP contribution is -2.27. The Hall–Kier alpha value is -1.35. The van der Waals surface area contributed by atoms with Gasteiger partial charge in [-0.05, 0) is 11.6 Å². The molecular weight excluding hydrogens is 284 g/mol. The van der Waals surface area contributed by atoms with Gasteiger partial charge < -0.3 is 5.73 Å². The summed E-state index contributed by atoms with van der Waals surface area (Å²) in [7, 11) is -2.09. The van der Waals surface area contributed by atoms with E-state index in [4.69, 9.17) is 5.73 Å². The number of nitrogens with zero attached hydrogens (tertiary/aromatic N) is 3. The zero-order valence-corrected chi connectivity index (χ0v) is 12.0. The fourth-order valence-corrected chi connectivity index (χ4v) is 3.07. The average Bonchev–Trinajstić information content (AvgIpc) is 2.91. The SMILES string of the molecule is CN(Cc1cscn1)S(=O)(=O)c1ccc(CN)cn1. The highest BCUT2D eigenvalue weighted by molar-refractivity contribution is 7.89. The minimum absolute atomic E-state index is 0.0161. The van der Waals surface area contributed by atoms with Crippen LogP contribution < -0.4 is 5.73 Å². The molecule has 0 aliphatic heterocycles. The van der Waals surface area contributed by atoms with E-state index in [1.54, 1.807) is 11.6 Å². The monoisotopic (exact) mass is 298 g/mol. The zero-order chi connectivity index (χ0) is 13.9. The maximum Gasteiger partial charge on any atom is 0.260 e. The lowest BCUT2D eigenvalue weighted by atomic mass is 10.3. The molecule has 0 aromatic carbocycles. The van der Waals surface area contributed by atoms with Gasteiger partial charge in [0.15, 0.2) is 5.03 Å². The van der Waals surface area contributed by atoms with E-state index in [-0.39, 0.29) is 11.6 Å². The third-order valence-electron chi connectivity index (χ3n) is 2.58. The van der Waals surface area contributed by atoms with Gasteiger partial charge in [-0.3, -0.25) is 0 Å². The summed E-state index contributed by atoms with van der Waals surface area (Å²) < 4.78 is 25.8. The summed E-state index contributed by atoms with van der Waals surface area (Å²) in [5, 5.41) is 1.83. The molecule has 0 spiro atoms. The maximum absolute atomic E-state index is 12.3. The van der Waals surface area contributed by atoms with E-state index in [1.807, 2.05) is 5.38 Å². The summed E-state index contributed by atoms with van der Waals surface area (Å²) in [4.78, 5) is 8.01. The van der Waals surface area contributed by atoms with E-state index in [9.17, 15) is 8.42 Å². The molecule has 0 unspecified atom stereocenters. The second-order valence-electron chi connectivity index (χ2n) is 3.95. The predicted octanol–water partition coefficient (Wildman–Crippen LogP) is 0.818. The Kier molecular flexibility index (Phi) is 4.25. The topological polar surface area (TPSA) is 89.2 Å². The van der Waals surface area contributed by atoms with E-state index in [1.165, 1.54) is 35.0 Å². The molecule has 2 aromatic heterocycles. The molecule has 0 aliphatic carbocycles. The molecule has 0 saturated carbocycles. The van der Waals surface area contributed by atoms with Crippen LogP contribution in [0.25, 0.3) is 0 Å². The normalized spacial score (nSPS) is 11.9. The first kappa shape index (κ1) is 14.1. The van der Waals surface area contributed by atoms with Crippen LogP contribution in [0.4, 0.5) is 0 Å². The number of hydrogen-bond acceptors (Lipinski definition) is 6. The highest BCUT2D eigenvalue weighted by atomic mass is 32.2. The van der Waals surface area contributed by atoms with Crippen LogP contribution in [0, 0.1) is 0 Å². The summed E-state index contributed by atoms with van der Waals surface area (Å²) in [6.07, 6.45) is 1.48. The molecule has 0 amide bonds. The Bertz CT molecular complexity index is 623. The third-order valence-corrected chi connectivity index (χ3v) is 4.93. The summed E-state index contributed by atoms with van der Waals surface area (Å²) in [6.45, 7) is 0.564. The molecule has 0 bridgehead atoms. The second-order valence-corrected chi connectivity index (χ2v) is 6.66. The first-order chi connectivity index (χ1) is 9.04. The predicted molar refractivity (Wildman–Crippen MR) is 72.9 cm³/mol. The van der Waals surface area contributed by atoms with Gasteiger partial charge in [0.25, 0.3) is 10.0 Å². The van der Waals surface area contributed by atoms with Crippen LogP contribution in [-0.2, 0) is 23.1 Å². The summed E-state index contributed by atoms with van der Waals surface area (Å²) in [5.41, 5.74) is 8.63. The van der Waals surface area contributed by atoms with Gasteiger partial charge in [-0.2, -0.15) is 4.31 Å². The van der Waals surface area contributed by atoms with Crippen molar-refractivity contribution < 1.29 is 8.42 Å². The van der Waals surface area contributed by atoms with Gasteiger partial charge in [-0.25, -0.2) is 18.4 Å². The van der Waals surface area contributed by atoms with E-state index < -0.39 is 10.0 Å². The highest BCUT2D eigenvalue weighted by Crippen LogP contribution is 2.15. The van der Waals surface area contributed by atoms with E-state index >= 15 is 0 Å². The number of nitrogens with two attached hydrogens (primary N) is 1. The second kappa shape index (κ2) is 5.74. The van der Waals surface area contributed by atoms with Crippen molar-refractivity contribution >= 4 is 21.4 Å². The third kappa shape index (κ3) is 3.16. The van der Waals surface area contributed by atoms with E-state index in [2.05, 4.69) is 9.97 Å². The van der Waals surface area contributed by atoms with Gasteiger partial charge >= 0.3 is 0 Å². The largest absolute Gasteiger partial charge is 0.326 e. The smallest absolute Gasteiger partial charge is 0.260 e. The number of thiazole rings is 1.